The maximum absolute atomic E-state index is 12.3. The molecule has 2 N–H and O–H groups in total. The topological polar surface area (TPSA) is 55.6 Å². The lowest BCUT2D eigenvalue weighted by Crippen LogP contribution is -2.40. The van der Waals surface area contributed by atoms with Gasteiger partial charge in [-0.1, -0.05) is 17.7 Å². The van der Waals surface area contributed by atoms with Crippen LogP contribution in [0.2, 0.25) is 5.02 Å². The van der Waals surface area contributed by atoms with Crippen LogP contribution in [0.5, 0.6) is 5.75 Å². The monoisotopic (exact) mass is 332 g/mol. The van der Waals surface area contributed by atoms with Gasteiger partial charge in [-0.25, -0.2) is 0 Å². The second-order valence-electron chi connectivity index (χ2n) is 5.19. The van der Waals surface area contributed by atoms with Crippen molar-refractivity contribution in [1.29, 1.82) is 0 Å². The molecule has 4 nitrogen and oxygen atoms in total. The highest BCUT2D eigenvalue weighted by atomic mass is 35.5. The van der Waals surface area contributed by atoms with Crippen molar-refractivity contribution in [1.82, 2.24) is 4.90 Å². The van der Waals surface area contributed by atoms with Gasteiger partial charge in [0.15, 0.2) is 0 Å². The summed E-state index contributed by atoms with van der Waals surface area (Å²) in [5.41, 5.74) is 6.51. The number of rotatable bonds is 4. The Morgan fingerprint density at radius 1 is 1.43 bits per heavy atom. The van der Waals surface area contributed by atoms with Crippen molar-refractivity contribution >= 4 is 29.9 Å². The molecule has 0 atom stereocenters. The summed E-state index contributed by atoms with van der Waals surface area (Å²) in [5, 5.41) is 0.578. The van der Waals surface area contributed by atoms with Crippen LogP contribution in [0, 0.1) is 5.92 Å². The van der Waals surface area contributed by atoms with E-state index in [1.54, 1.807) is 13.2 Å². The normalized spacial score (nSPS) is 15.5. The van der Waals surface area contributed by atoms with Crippen LogP contribution in [0.3, 0.4) is 0 Å². The Labute approximate surface area is 137 Å². The molecule has 0 radical (unpaired) electrons. The van der Waals surface area contributed by atoms with Crippen LogP contribution in [-0.2, 0) is 11.2 Å². The molecule has 0 aromatic heterocycles. The molecule has 0 saturated carbocycles. The van der Waals surface area contributed by atoms with Crippen LogP contribution in [-0.4, -0.2) is 37.6 Å². The van der Waals surface area contributed by atoms with Gasteiger partial charge in [-0.2, -0.15) is 0 Å². The largest absolute Gasteiger partial charge is 0.497 e. The number of nitrogens with two attached hydrogens (primary N) is 1. The maximum atomic E-state index is 12.3. The Morgan fingerprint density at radius 2 is 2.10 bits per heavy atom. The molecule has 1 aromatic carbocycles. The molecule has 118 valence electrons. The summed E-state index contributed by atoms with van der Waals surface area (Å²) >= 11 is 6.17. The van der Waals surface area contributed by atoms with Crippen molar-refractivity contribution in [2.75, 3.05) is 26.7 Å². The predicted molar refractivity (Wildman–Crippen MR) is 87.3 cm³/mol. The molecule has 1 heterocycles. The zero-order chi connectivity index (χ0) is 14.5. The molecule has 0 aliphatic carbocycles. The lowest BCUT2D eigenvalue weighted by atomic mass is 9.96. The molecule has 21 heavy (non-hydrogen) atoms. The van der Waals surface area contributed by atoms with E-state index >= 15 is 0 Å². The van der Waals surface area contributed by atoms with E-state index in [-0.39, 0.29) is 18.3 Å². The van der Waals surface area contributed by atoms with E-state index in [1.165, 1.54) is 0 Å². The Hall–Kier alpha value is -0.970. The molecule has 1 saturated heterocycles. The summed E-state index contributed by atoms with van der Waals surface area (Å²) in [6.45, 7) is 2.31. The molecule has 2 rings (SSSR count). The minimum absolute atomic E-state index is 0. The summed E-state index contributed by atoms with van der Waals surface area (Å²) in [6, 6.07) is 5.42. The average Bonchev–Trinajstić information content (AvgIpc) is 2.49. The van der Waals surface area contributed by atoms with E-state index in [2.05, 4.69) is 0 Å². The number of piperidine rings is 1. The van der Waals surface area contributed by atoms with Gasteiger partial charge in [-0.15, -0.1) is 12.4 Å². The Kier molecular flexibility index (Phi) is 7.29. The van der Waals surface area contributed by atoms with Crippen molar-refractivity contribution in [3.05, 3.63) is 28.8 Å². The zero-order valence-corrected chi connectivity index (χ0v) is 13.8. The van der Waals surface area contributed by atoms with E-state index < -0.39 is 0 Å². The number of halogens is 2. The summed E-state index contributed by atoms with van der Waals surface area (Å²) in [5.74, 6) is 1.39. The number of ether oxygens (including phenoxy) is 1. The number of carbonyl (C=O) groups excluding carboxylic acids is 1. The smallest absolute Gasteiger partial charge is 0.227 e. The standard InChI is InChI=1S/C15H21ClN2O2.ClH/c1-20-13-3-2-12(14(16)9-13)8-15(19)18-6-4-11(10-17)5-7-18;/h2-3,9,11H,4-8,10,17H2,1H3;1H. The second kappa shape index (κ2) is 8.47. The quantitative estimate of drug-likeness (QED) is 0.921. The van der Waals surface area contributed by atoms with Crippen molar-refractivity contribution in [3.63, 3.8) is 0 Å². The third kappa shape index (κ3) is 4.77. The summed E-state index contributed by atoms with van der Waals surface area (Å²) < 4.78 is 5.10. The van der Waals surface area contributed by atoms with Gasteiger partial charge in [0, 0.05) is 18.1 Å². The average molecular weight is 333 g/mol. The van der Waals surface area contributed by atoms with Crippen LogP contribution in [0.25, 0.3) is 0 Å². The number of methoxy groups -OCH3 is 1. The minimum atomic E-state index is 0. The number of nitrogens with zero attached hydrogens (tertiary/aromatic N) is 1. The third-order valence-electron chi connectivity index (χ3n) is 3.90. The molecule has 1 aliphatic heterocycles. The first-order chi connectivity index (χ1) is 9.63. The highest BCUT2D eigenvalue weighted by molar-refractivity contribution is 6.31. The van der Waals surface area contributed by atoms with Gasteiger partial charge in [0.25, 0.3) is 0 Å². The molecule has 0 bridgehead atoms. The van der Waals surface area contributed by atoms with E-state index in [0.717, 1.165) is 31.5 Å². The lowest BCUT2D eigenvalue weighted by molar-refractivity contribution is -0.131. The Balaban J connectivity index is 0.00000220. The van der Waals surface area contributed by atoms with Crippen LogP contribution in [0.4, 0.5) is 0 Å². The van der Waals surface area contributed by atoms with E-state index in [9.17, 15) is 4.79 Å². The molecule has 6 heteroatoms. The first kappa shape index (κ1) is 18.1. The first-order valence-electron chi connectivity index (χ1n) is 6.94. The minimum Gasteiger partial charge on any atom is -0.497 e. The number of amides is 1. The van der Waals surface area contributed by atoms with Crippen LogP contribution >= 0.6 is 24.0 Å². The van der Waals surface area contributed by atoms with Crippen LogP contribution in [0.15, 0.2) is 18.2 Å². The molecule has 1 aromatic rings. The highest BCUT2D eigenvalue weighted by Crippen LogP contribution is 2.24. The van der Waals surface area contributed by atoms with Gasteiger partial charge in [-0.3, -0.25) is 4.79 Å². The molecule has 1 amide bonds. The van der Waals surface area contributed by atoms with Crippen molar-refractivity contribution in [2.45, 2.75) is 19.3 Å². The molecular weight excluding hydrogens is 311 g/mol. The lowest BCUT2D eigenvalue weighted by Gasteiger charge is -2.31. The fourth-order valence-corrected chi connectivity index (χ4v) is 2.73. The molecule has 0 unspecified atom stereocenters. The van der Waals surface area contributed by atoms with E-state index in [0.29, 0.717) is 29.7 Å². The van der Waals surface area contributed by atoms with Gasteiger partial charge < -0.3 is 15.4 Å². The second-order valence-corrected chi connectivity index (χ2v) is 5.60. The Morgan fingerprint density at radius 3 is 2.62 bits per heavy atom. The predicted octanol–water partition coefficient (Wildman–Crippen LogP) is 2.51. The van der Waals surface area contributed by atoms with Crippen molar-refractivity contribution < 1.29 is 9.53 Å². The third-order valence-corrected chi connectivity index (χ3v) is 4.25. The van der Waals surface area contributed by atoms with Gasteiger partial charge in [0.2, 0.25) is 5.91 Å². The summed E-state index contributed by atoms with van der Waals surface area (Å²) in [6.07, 6.45) is 2.34. The Bertz CT molecular complexity index is 475. The number of carbonyl (C=O) groups is 1. The van der Waals surface area contributed by atoms with Gasteiger partial charge in [0.05, 0.1) is 13.5 Å². The summed E-state index contributed by atoms with van der Waals surface area (Å²) in [7, 11) is 1.60. The zero-order valence-electron chi connectivity index (χ0n) is 12.2. The SMILES string of the molecule is COc1ccc(CC(=O)N2CCC(CN)CC2)c(Cl)c1.Cl. The number of hydrogen-bond donors (Lipinski definition) is 1. The highest BCUT2D eigenvalue weighted by Gasteiger charge is 2.22. The van der Waals surface area contributed by atoms with Gasteiger partial charge in [-0.05, 0) is 43.0 Å². The number of likely N-dealkylation sites (tertiary alicyclic amines) is 1. The van der Waals surface area contributed by atoms with Crippen molar-refractivity contribution in [3.8, 4) is 5.75 Å². The van der Waals surface area contributed by atoms with Gasteiger partial charge in [0.1, 0.15) is 5.75 Å². The number of hydrogen-bond acceptors (Lipinski definition) is 3. The van der Waals surface area contributed by atoms with E-state index in [4.69, 9.17) is 22.1 Å². The maximum Gasteiger partial charge on any atom is 0.227 e. The molecule has 1 aliphatic rings. The van der Waals surface area contributed by atoms with Gasteiger partial charge >= 0.3 is 0 Å². The van der Waals surface area contributed by atoms with Crippen molar-refractivity contribution in [2.24, 2.45) is 11.7 Å². The van der Waals surface area contributed by atoms with Crippen LogP contribution < -0.4 is 10.5 Å². The first-order valence-corrected chi connectivity index (χ1v) is 7.32. The van der Waals surface area contributed by atoms with Crippen LogP contribution in [0.1, 0.15) is 18.4 Å². The fraction of sp³-hybridized carbons (Fsp3) is 0.533. The number of benzene rings is 1. The molecule has 0 spiro atoms. The molecule has 1 fully saturated rings. The van der Waals surface area contributed by atoms with E-state index in [1.807, 2.05) is 17.0 Å². The fourth-order valence-electron chi connectivity index (χ4n) is 2.49. The molecular formula is C15H22Cl2N2O2. The summed E-state index contributed by atoms with van der Waals surface area (Å²) in [4.78, 5) is 14.2.